The first kappa shape index (κ1) is 20.1. The second kappa shape index (κ2) is 9.50. The van der Waals surface area contributed by atoms with Gasteiger partial charge in [0.2, 0.25) is 0 Å². The predicted molar refractivity (Wildman–Crippen MR) is 107 cm³/mol. The van der Waals surface area contributed by atoms with Crippen molar-refractivity contribution < 1.29 is 18.7 Å². The van der Waals surface area contributed by atoms with Gasteiger partial charge in [-0.1, -0.05) is 12.1 Å². The maximum atomic E-state index is 12.9. The van der Waals surface area contributed by atoms with Gasteiger partial charge in [-0.2, -0.15) is 0 Å². The molecule has 8 heteroatoms. The minimum atomic E-state index is -0.326. The van der Waals surface area contributed by atoms with Crippen molar-refractivity contribution in [3.8, 4) is 11.5 Å². The molecule has 0 aliphatic carbocycles. The van der Waals surface area contributed by atoms with Gasteiger partial charge in [-0.05, 0) is 36.2 Å². The number of aromatic nitrogens is 2. The Morgan fingerprint density at radius 2 is 1.83 bits per heavy atom. The monoisotopic (exact) mass is 396 g/mol. The van der Waals surface area contributed by atoms with Gasteiger partial charge in [-0.3, -0.25) is 4.79 Å². The minimum Gasteiger partial charge on any atom is -0.497 e. The molecule has 3 aromatic rings. The molecule has 0 saturated heterocycles. The van der Waals surface area contributed by atoms with Gasteiger partial charge in [0.25, 0.3) is 5.91 Å². The van der Waals surface area contributed by atoms with Crippen LogP contribution in [-0.4, -0.2) is 36.6 Å². The summed E-state index contributed by atoms with van der Waals surface area (Å²) in [4.78, 5) is 20.6. The summed E-state index contributed by atoms with van der Waals surface area (Å²) in [6, 6.07) is 11.5. The van der Waals surface area contributed by atoms with E-state index in [-0.39, 0.29) is 17.4 Å². The zero-order valence-electron chi connectivity index (χ0n) is 16.1. The number of amides is 1. The topological polar surface area (TPSA) is 85.4 Å². The fraction of sp³-hybridized carbons (Fsp3) is 0.190. The second-order valence-corrected chi connectivity index (χ2v) is 6.11. The Hall–Kier alpha value is -3.68. The normalized spacial score (nSPS) is 10.3. The molecule has 2 aromatic carbocycles. The van der Waals surface area contributed by atoms with Crippen LogP contribution in [0.15, 0.2) is 54.9 Å². The van der Waals surface area contributed by atoms with Crippen LogP contribution in [0.5, 0.6) is 11.5 Å². The first-order valence-corrected chi connectivity index (χ1v) is 8.93. The molecule has 0 aliphatic heterocycles. The summed E-state index contributed by atoms with van der Waals surface area (Å²) in [7, 11) is 3.14. The summed E-state index contributed by atoms with van der Waals surface area (Å²) < 4.78 is 23.4. The smallest absolute Gasteiger partial charge is 0.271 e. The number of nitrogens with zero attached hydrogens (tertiary/aromatic N) is 2. The molecule has 1 heterocycles. The average molecular weight is 396 g/mol. The third-order valence-corrected chi connectivity index (χ3v) is 4.17. The molecule has 7 nitrogen and oxygen atoms in total. The molecule has 2 N–H and O–H groups in total. The van der Waals surface area contributed by atoms with E-state index in [0.29, 0.717) is 36.0 Å². The van der Waals surface area contributed by atoms with Crippen molar-refractivity contribution in [2.45, 2.75) is 6.42 Å². The van der Waals surface area contributed by atoms with Gasteiger partial charge in [0.15, 0.2) is 0 Å². The molecule has 0 atom stereocenters. The van der Waals surface area contributed by atoms with Gasteiger partial charge in [0.1, 0.15) is 28.8 Å². The van der Waals surface area contributed by atoms with Crippen LogP contribution in [0, 0.1) is 5.82 Å². The molecular weight excluding hydrogens is 375 g/mol. The van der Waals surface area contributed by atoms with E-state index in [1.54, 1.807) is 44.6 Å². The van der Waals surface area contributed by atoms with E-state index < -0.39 is 0 Å². The Morgan fingerprint density at radius 3 is 2.48 bits per heavy atom. The Bertz CT molecular complexity index is 963. The molecule has 0 spiro atoms. The summed E-state index contributed by atoms with van der Waals surface area (Å²) in [5.41, 5.74) is 1.83. The van der Waals surface area contributed by atoms with Crippen molar-refractivity contribution in [1.29, 1.82) is 0 Å². The summed E-state index contributed by atoms with van der Waals surface area (Å²) in [6.07, 6.45) is 3.46. The highest BCUT2D eigenvalue weighted by Crippen LogP contribution is 2.30. The highest BCUT2D eigenvalue weighted by Gasteiger charge is 2.10. The molecule has 0 saturated carbocycles. The molecule has 29 heavy (non-hydrogen) atoms. The highest BCUT2D eigenvalue weighted by atomic mass is 19.1. The zero-order valence-corrected chi connectivity index (χ0v) is 16.1. The van der Waals surface area contributed by atoms with E-state index >= 15 is 0 Å². The van der Waals surface area contributed by atoms with Gasteiger partial charge in [0.05, 0.1) is 32.3 Å². The van der Waals surface area contributed by atoms with Crippen LogP contribution in [0.2, 0.25) is 0 Å². The Labute approximate surface area is 167 Å². The van der Waals surface area contributed by atoms with E-state index in [4.69, 9.17) is 9.47 Å². The molecule has 0 radical (unpaired) electrons. The summed E-state index contributed by atoms with van der Waals surface area (Å²) in [5.74, 6) is 1.12. The second-order valence-electron chi connectivity index (χ2n) is 6.11. The van der Waals surface area contributed by atoms with Crippen LogP contribution in [0.1, 0.15) is 16.1 Å². The van der Waals surface area contributed by atoms with Crippen molar-refractivity contribution in [2.75, 3.05) is 26.1 Å². The molecule has 0 unspecified atom stereocenters. The van der Waals surface area contributed by atoms with Gasteiger partial charge in [-0.15, -0.1) is 0 Å². The molecule has 0 fully saturated rings. The molecular formula is C21H21FN4O3. The van der Waals surface area contributed by atoms with Gasteiger partial charge in [-0.25, -0.2) is 14.4 Å². The summed E-state index contributed by atoms with van der Waals surface area (Å²) >= 11 is 0. The number of halogens is 1. The van der Waals surface area contributed by atoms with Crippen LogP contribution in [0.4, 0.5) is 15.9 Å². The van der Waals surface area contributed by atoms with Gasteiger partial charge < -0.3 is 20.1 Å². The van der Waals surface area contributed by atoms with Gasteiger partial charge >= 0.3 is 0 Å². The van der Waals surface area contributed by atoms with Crippen molar-refractivity contribution >= 4 is 17.4 Å². The highest BCUT2D eigenvalue weighted by molar-refractivity contribution is 5.92. The van der Waals surface area contributed by atoms with E-state index in [1.165, 1.54) is 24.5 Å². The lowest BCUT2D eigenvalue weighted by molar-refractivity contribution is 0.0949. The zero-order chi connectivity index (χ0) is 20.6. The van der Waals surface area contributed by atoms with Crippen molar-refractivity contribution in [1.82, 2.24) is 15.3 Å². The number of carbonyl (C=O) groups is 1. The number of nitrogens with one attached hydrogen (secondary N) is 2. The van der Waals surface area contributed by atoms with Crippen molar-refractivity contribution in [3.63, 3.8) is 0 Å². The molecule has 1 aromatic heterocycles. The maximum Gasteiger partial charge on any atom is 0.271 e. The van der Waals surface area contributed by atoms with Crippen LogP contribution in [-0.2, 0) is 6.42 Å². The first-order valence-electron chi connectivity index (χ1n) is 8.93. The van der Waals surface area contributed by atoms with E-state index in [2.05, 4.69) is 20.6 Å². The molecule has 150 valence electrons. The lowest BCUT2D eigenvalue weighted by Gasteiger charge is -2.12. The van der Waals surface area contributed by atoms with Crippen LogP contribution < -0.4 is 20.1 Å². The van der Waals surface area contributed by atoms with E-state index in [0.717, 1.165) is 5.56 Å². The van der Waals surface area contributed by atoms with Crippen LogP contribution in [0.3, 0.4) is 0 Å². The van der Waals surface area contributed by atoms with E-state index in [9.17, 15) is 9.18 Å². The van der Waals surface area contributed by atoms with Gasteiger partial charge in [0, 0.05) is 12.6 Å². The number of rotatable bonds is 8. The standard InChI is InChI=1S/C21H21FN4O3/c1-28-16-7-8-17(19(11-16)29-2)26-20-13-24-18(12-25-20)21(27)23-10-9-14-3-5-15(22)6-4-14/h3-8,11-13H,9-10H2,1-2H3,(H,23,27)(H,25,26). The van der Waals surface area contributed by atoms with Crippen LogP contribution in [0.25, 0.3) is 0 Å². The summed E-state index contributed by atoms with van der Waals surface area (Å²) in [6.45, 7) is 0.412. The number of hydrogen-bond acceptors (Lipinski definition) is 6. The summed E-state index contributed by atoms with van der Waals surface area (Å²) in [5, 5.41) is 5.87. The minimum absolute atomic E-state index is 0.205. The third-order valence-electron chi connectivity index (χ3n) is 4.17. The lowest BCUT2D eigenvalue weighted by Crippen LogP contribution is -2.26. The SMILES string of the molecule is COc1ccc(Nc2cnc(C(=O)NCCc3ccc(F)cc3)cn2)c(OC)c1. The van der Waals surface area contributed by atoms with Crippen molar-refractivity contribution in [3.05, 3.63) is 71.9 Å². The fourth-order valence-electron chi connectivity index (χ4n) is 2.61. The number of ether oxygens (including phenoxy) is 2. The van der Waals surface area contributed by atoms with Crippen molar-refractivity contribution in [2.24, 2.45) is 0 Å². The molecule has 3 rings (SSSR count). The van der Waals surface area contributed by atoms with E-state index in [1.807, 2.05) is 0 Å². The Kier molecular flexibility index (Phi) is 6.57. The van der Waals surface area contributed by atoms with Crippen LogP contribution >= 0.6 is 0 Å². The maximum absolute atomic E-state index is 12.9. The Balaban J connectivity index is 1.56. The first-order chi connectivity index (χ1) is 14.1. The quantitative estimate of drug-likeness (QED) is 0.607. The molecule has 1 amide bonds. The number of carbonyl (C=O) groups excluding carboxylic acids is 1. The fourth-order valence-corrected chi connectivity index (χ4v) is 2.61. The largest absolute Gasteiger partial charge is 0.497 e. The average Bonchev–Trinajstić information content (AvgIpc) is 2.76. The molecule has 0 aliphatic rings. The predicted octanol–water partition coefficient (Wildman–Crippen LogP) is 3.35. The third kappa shape index (κ3) is 5.41. The lowest BCUT2D eigenvalue weighted by atomic mass is 10.1. The molecule has 0 bridgehead atoms. The Morgan fingerprint density at radius 1 is 1.03 bits per heavy atom. The number of anilines is 2. The number of hydrogen-bond donors (Lipinski definition) is 2. The number of methoxy groups -OCH3 is 2. The number of benzene rings is 2.